The van der Waals surface area contributed by atoms with E-state index >= 15 is 0 Å². The predicted molar refractivity (Wildman–Crippen MR) is 83.1 cm³/mol. The van der Waals surface area contributed by atoms with Crippen LogP contribution < -0.4 is 16.4 Å². The number of hydrogen-bond donors (Lipinski definition) is 3. The Balaban J connectivity index is 1.99. The minimum atomic E-state index is -0.604. The molecule has 0 unspecified atom stereocenters. The lowest BCUT2D eigenvalue weighted by molar-refractivity contribution is -0.133. The SMILES string of the molecule is CN[C@@H]1CCCN(C(=O)C[C@@H](NC(N)=O)c2cccs2)C1. The number of primary amides is 1. The summed E-state index contributed by atoms with van der Waals surface area (Å²) in [6.45, 7) is 1.51. The highest BCUT2D eigenvalue weighted by molar-refractivity contribution is 7.10. The van der Waals surface area contributed by atoms with Gasteiger partial charge in [-0.2, -0.15) is 0 Å². The number of likely N-dealkylation sites (N-methyl/N-ethyl adjacent to an activating group) is 1. The molecule has 1 aliphatic heterocycles. The third-order valence-electron chi connectivity index (χ3n) is 3.76. The van der Waals surface area contributed by atoms with Gasteiger partial charge in [-0.15, -0.1) is 11.3 Å². The Hall–Kier alpha value is -1.60. The lowest BCUT2D eigenvalue weighted by atomic mass is 10.0. The molecule has 1 aromatic rings. The average molecular weight is 310 g/mol. The van der Waals surface area contributed by atoms with Gasteiger partial charge in [-0.05, 0) is 31.3 Å². The molecule has 0 saturated carbocycles. The number of likely N-dealkylation sites (tertiary alicyclic amines) is 1. The Morgan fingerprint density at radius 1 is 1.57 bits per heavy atom. The average Bonchev–Trinajstić information content (AvgIpc) is 3.00. The second-order valence-corrected chi connectivity index (χ2v) is 6.23. The van der Waals surface area contributed by atoms with Crippen LogP contribution in [0.5, 0.6) is 0 Å². The van der Waals surface area contributed by atoms with Crippen LogP contribution in [0.4, 0.5) is 4.79 Å². The maximum absolute atomic E-state index is 12.5. The minimum Gasteiger partial charge on any atom is -0.352 e. The monoisotopic (exact) mass is 310 g/mol. The number of nitrogens with one attached hydrogen (secondary N) is 2. The van der Waals surface area contributed by atoms with Gasteiger partial charge in [-0.3, -0.25) is 4.79 Å². The van der Waals surface area contributed by atoms with Crippen LogP contribution >= 0.6 is 11.3 Å². The highest BCUT2D eigenvalue weighted by atomic mass is 32.1. The van der Waals surface area contributed by atoms with Crippen molar-refractivity contribution in [2.24, 2.45) is 5.73 Å². The van der Waals surface area contributed by atoms with Gasteiger partial charge < -0.3 is 21.3 Å². The van der Waals surface area contributed by atoms with Gasteiger partial charge in [0.05, 0.1) is 12.5 Å². The topological polar surface area (TPSA) is 87.5 Å². The van der Waals surface area contributed by atoms with Crippen molar-refractivity contribution in [2.75, 3.05) is 20.1 Å². The summed E-state index contributed by atoms with van der Waals surface area (Å²) in [6, 6.07) is 3.22. The lowest BCUT2D eigenvalue weighted by Crippen LogP contribution is -2.48. The molecule has 1 saturated heterocycles. The van der Waals surface area contributed by atoms with Crippen LogP contribution in [0.15, 0.2) is 17.5 Å². The molecule has 1 aliphatic rings. The van der Waals surface area contributed by atoms with Gasteiger partial charge >= 0.3 is 6.03 Å². The number of nitrogens with zero attached hydrogens (tertiary/aromatic N) is 1. The van der Waals surface area contributed by atoms with Crippen LogP contribution in [-0.2, 0) is 4.79 Å². The first-order chi connectivity index (χ1) is 10.1. The predicted octanol–water partition coefficient (Wildman–Crippen LogP) is 1.06. The van der Waals surface area contributed by atoms with Crippen molar-refractivity contribution in [3.8, 4) is 0 Å². The van der Waals surface area contributed by atoms with Crippen molar-refractivity contribution in [3.05, 3.63) is 22.4 Å². The number of urea groups is 1. The summed E-state index contributed by atoms with van der Waals surface area (Å²) in [5.74, 6) is 0.0575. The summed E-state index contributed by atoms with van der Waals surface area (Å²) in [5, 5.41) is 7.81. The Morgan fingerprint density at radius 3 is 3.00 bits per heavy atom. The Bertz CT molecular complexity index is 477. The molecule has 0 bridgehead atoms. The van der Waals surface area contributed by atoms with Crippen molar-refractivity contribution in [2.45, 2.75) is 31.3 Å². The normalized spacial score (nSPS) is 20.0. The Kier molecular flexibility index (Phi) is 5.58. The fraction of sp³-hybridized carbons (Fsp3) is 0.571. The molecule has 6 nitrogen and oxygen atoms in total. The first-order valence-electron chi connectivity index (χ1n) is 7.14. The molecule has 4 N–H and O–H groups in total. The zero-order valence-corrected chi connectivity index (χ0v) is 13.0. The van der Waals surface area contributed by atoms with Crippen molar-refractivity contribution >= 4 is 23.3 Å². The van der Waals surface area contributed by atoms with E-state index in [2.05, 4.69) is 10.6 Å². The molecule has 0 radical (unpaired) electrons. The van der Waals surface area contributed by atoms with Crippen molar-refractivity contribution in [3.63, 3.8) is 0 Å². The summed E-state index contributed by atoms with van der Waals surface area (Å²) in [7, 11) is 1.92. The van der Waals surface area contributed by atoms with Crippen LogP contribution in [0.25, 0.3) is 0 Å². The molecule has 0 spiro atoms. The molecule has 116 valence electrons. The number of thiophene rings is 1. The maximum Gasteiger partial charge on any atom is 0.312 e. The number of nitrogens with two attached hydrogens (primary N) is 1. The molecule has 7 heteroatoms. The maximum atomic E-state index is 12.5. The first kappa shape index (κ1) is 15.8. The number of carbonyl (C=O) groups excluding carboxylic acids is 2. The van der Waals surface area contributed by atoms with Gasteiger partial charge in [-0.25, -0.2) is 4.79 Å². The van der Waals surface area contributed by atoms with E-state index in [4.69, 9.17) is 5.73 Å². The number of piperidine rings is 1. The molecular formula is C14H22N4O2S. The first-order valence-corrected chi connectivity index (χ1v) is 8.02. The van der Waals surface area contributed by atoms with E-state index in [-0.39, 0.29) is 18.4 Å². The number of hydrogen-bond acceptors (Lipinski definition) is 4. The van der Waals surface area contributed by atoms with E-state index in [1.165, 1.54) is 11.3 Å². The summed E-state index contributed by atoms with van der Waals surface area (Å²) >= 11 is 1.51. The highest BCUT2D eigenvalue weighted by Gasteiger charge is 2.26. The summed E-state index contributed by atoms with van der Waals surface area (Å²) in [4.78, 5) is 26.4. The summed E-state index contributed by atoms with van der Waals surface area (Å²) < 4.78 is 0. The molecule has 2 rings (SSSR count). The number of rotatable bonds is 5. The third-order valence-corrected chi connectivity index (χ3v) is 4.75. The van der Waals surface area contributed by atoms with Gasteiger partial charge in [-0.1, -0.05) is 6.07 Å². The molecule has 0 aromatic carbocycles. The molecule has 1 fully saturated rings. The van der Waals surface area contributed by atoms with E-state index in [1.54, 1.807) is 0 Å². The molecule has 0 aliphatic carbocycles. The van der Waals surface area contributed by atoms with E-state index in [0.717, 1.165) is 30.8 Å². The molecule has 2 atom stereocenters. The summed E-state index contributed by atoms with van der Waals surface area (Å²) in [5.41, 5.74) is 5.22. The molecular weight excluding hydrogens is 288 g/mol. The minimum absolute atomic E-state index is 0.0575. The zero-order chi connectivity index (χ0) is 15.2. The Labute approximate surface area is 128 Å². The van der Waals surface area contributed by atoms with Crippen LogP contribution in [0.1, 0.15) is 30.2 Å². The van der Waals surface area contributed by atoms with Gasteiger partial charge in [0.2, 0.25) is 5.91 Å². The Morgan fingerprint density at radius 2 is 2.38 bits per heavy atom. The largest absolute Gasteiger partial charge is 0.352 e. The van der Waals surface area contributed by atoms with Crippen molar-refractivity contribution in [1.82, 2.24) is 15.5 Å². The van der Waals surface area contributed by atoms with E-state index in [9.17, 15) is 9.59 Å². The van der Waals surface area contributed by atoms with Crippen LogP contribution in [-0.4, -0.2) is 43.0 Å². The van der Waals surface area contributed by atoms with Gasteiger partial charge in [0.15, 0.2) is 0 Å². The zero-order valence-electron chi connectivity index (χ0n) is 12.2. The molecule has 2 heterocycles. The van der Waals surface area contributed by atoms with Gasteiger partial charge in [0.1, 0.15) is 0 Å². The fourth-order valence-electron chi connectivity index (χ4n) is 2.63. The molecule has 3 amide bonds. The highest BCUT2D eigenvalue weighted by Crippen LogP contribution is 2.23. The van der Waals surface area contributed by atoms with E-state index in [0.29, 0.717) is 6.04 Å². The van der Waals surface area contributed by atoms with Crippen molar-refractivity contribution in [1.29, 1.82) is 0 Å². The number of carbonyl (C=O) groups is 2. The van der Waals surface area contributed by atoms with E-state index in [1.807, 2.05) is 29.5 Å². The second-order valence-electron chi connectivity index (χ2n) is 5.25. The quantitative estimate of drug-likeness (QED) is 0.760. The van der Waals surface area contributed by atoms with E-state index < -0.39 is 6.03 Å². The third kappa shape index (κ3) is 4.44. The molecule has 21 heavy (non-hydrogen) atoms. The summed E-state index contributed by atoms with van der Waals surface area (Å²) in [6.07, 6.45) is 2.35. The molecule has 1 aromatic heterocycles. The fourth-order valence-corrected chi connectivity index (χ4v) is 3.40. The van der Waals surface area contributed by atoms with Crippen LogP contribution in [0, 0.1) is 0 Å². The lowest BCUT2D eigenvalue weighted by Gasteiger charge is -2.33. The second kappa shape index (κ2) is 7.42. The van der Waals surface area contributed by atoms with Crippen LogP contribution in [0.2, 0.25) is 0 Å². The van der Waals surface area contributed by atoms with Gasteiger partial charge in [0.25, 0.3) is 0 Å². The van der Waals surface area contributed by atoms with Gasteiger partial charge in [0, 0.05) is 24.0 Å². The standard InChI is InChI=1S/C14H22N4O2S/c1-16-10-4-2-6-18(9-10)13(19)8-11(17-14(15)20)12-5-3-7-21-12/h3,5,7,10-11,16H,2,4,6,8-9H2,1H3,(H3,15,17,20)/t10-,11-/m1/s1. The smallest absolute Gasteiger partial charge is 0.312 e. The van der Waals surface area contributed by atoms with Crippen LogP contribution in [0.3, 0.4) is 0 Å². The van der Waals surface area contributed by atoms with Crippen molar-refractivity contribution < 1.29 is 9.59 Å². The number of amides is 3.